The van der Waals surface area contributed by atoms with Gasteiger partial charge in [0.15, 0.2) is 0 Å². The third-order valence-electron chi connectivity index (χ3n) is 5.95. The predicted octanol–water partition coefficient (Wildman–Crippen LogP) is 4.35. The number of rotatable bonds is 6. The van der Waals surface area contributed by atoms with E-state index < -0.39 is 12.1 Å². The van der Waals surface area contributed by atoms with Crippen LogP contribution in [0.2, 0.25) is 0 Å². The lowest BCUT2D eigenvalue weighted by molar-refractivity contribution is -0.128. The minimum absolute atomic E-state index is 0.0389. The Morgan fingerprint density at radius 2 is 2.03 bits per heavy atom. The second kappa shape index (κ2) is 9.93. The van der Waals surface area contributed by atoms with Gasteiger partial charge >= 0.3 is 0 Å². The average Bonchev–Trinajstić information content (AvgIpc) is 2.91. The number of benzene rings is 3. The smallest absolute Gasteiger partial charge is 0.249 e. The summed E-state index contributed by atoms with van der Waals surface area (Å²) in [6.45, 7) is 1.86. The normalized spacial score (nSPS) is 16.8. The molecule has 1 aliphatic heterocycles. The fraction of sp³-hybridized carbons (Fsp3) is 0.308. The van der Waals surface area contributed by atoms with Gasteiger partial charge in [0, 0.05) is 15.7 Å². The molecule has 0 bridgehead atoms. The Kier molecular flexibility index (Phi) is 7.00. The Morgan fingerprint density at radius 3 is 2.79 bits per heavy atom. The van der Waals surface area contributed by atoms with Crippen molar-refractivity contribution < 1.29 is 19.4 Å². The van der Waals surface area contributed by atoms with E-state index in [9.17, 15) is 14.7 Å². The number of nitrogens with one attached hydrogen (secondary N) is 1. The number of halogens is 1. The van der Waals surface area contributed by atoms with Crippen molar-refractivity contribution in [1.29, 1.82) is 0 Å². The lowest BCUT2D eigenvalue weighted by Gasteiger charge is -2.28. The number of para-hydroxylation sites is 1. The summed E-state index contributed by atoms with van der Waals surface area (Å²) in [7, 11) is 1.63. The monoisotopic (exact) mass is 510 g/mol. The van der Waals surface area contributed by atoms with Crippen LogP contribution in [-0.2, 0) is 22.6 Å². The van der Waals surface area contributed by atoms with Crippen LogP contribution in [0.5, 0.6) is 5.75 Å². The number of amides is 2. The zero-order chi connectivity index (χ0) is 23.5. The number of hydrogen-bond donors (Lipinski definition) is 2. The molecule has 33 heavy (non-hydrogen) atoms. The van der Waals surface area contributed by atoms with Gasteiger partial charge in [-0.1, -0.05) is 46.3 Å². The van der Waals surface area contributed by atoms with Crippen molar-refractivity contribution in [2.75, 3.05) is 12.0 Å². The first-order valence-corrected chi connectivity index (χ1v) is 11.8. The summed E-state index contributed by atoms with van der Waals surface area (Å²) in [4.78, 5) is 27.8. The molecular weight excluding hydrogens is 484 g/mol. The molecule has 2 atom stereocenters. The molecule has 6 nitrogen and oxygen atoms in total. The Hall–Kier alpha value is -2.90. The maximum atomic E-state index is 13.7. The maximum absolute atomic E-state index is 13.7. The highest BCUT2D eigenvalue weighted by molar-refractivity contribution is 9.10. The van der Waals surface area contributed by atoms with Gasteiger partial charge in [0.1, 0.15) is 11.8 Å². The molecule has 0 fully saturated rings. The fourth-order valence-corrected chi connectivity index (χ4v) is 4.77. The molecule has 1 heterocycles. The van der Waals surface area contributed by atoms with Crippen LogP contribution in [0.1, 0.15) is 30.9 Å². The van der Waals surface area contributed by atoms with E-state index in [1.807, 2.05) is 54.6 Å². The van der Waals surface area contributed by atoms with E-state index >= 15 is 0 Å². The molecule has 3 aromatic carbocycles. The molecule has 0 aromatic heterocycles. The van der Waals surface area contributed by atoms with Gasteiger partial charge in [-0.3, -0.25) is 9.59 Å². The molecule has 0 spiro atoms. The van der Waals surface area contributed by atoms with Crippen LogP contribution in [-0.4, -0.2) is 36.2 Å². The zero-order valence-electron chi connectivity index (χ0n) is 18.7. The summed E-state index contributed by atoms with van der Waals surface area (Å²) in [6.07, 6.45) is 0.358. The molecule has 0 saturated heterocycles. The van der Waals surface area contributed by atoms with Crippen molar-refractivity contribution in [1.82, 2.24) is 5.32 Å². The molecule has 4 rings (SSSR count). The van der Waals surface area contributed by atoms with Crippen LogP contribution in [0, 0.1) is 0 Å². The SMILES string of the molecule is COc1ccc2cc(Br)ccc2c1CN1C(=O)C(NC(=O)CC(C)O)CCc2ccccc21. The summed E-state index contributed by atoms with van der Waals surface area (Å²) in [5, 5.41) is 14.4. The first-order chi connectivity index (χ1) is 15.9. The number of carbonyl (C=O) groups excluding carboxylic acids is 2. The van der Waals surface area contributed by atoms with Crippen molar-refractivity contribution in [3.63, 3.8) is 0 Å². The summed E-state index contributed by atoms with van der Waals surface area (Å²) < 4.78 is 6.64. The summed E-state index contributed by atoms with van der Waals surface area (Å²) in [6, 6.07) is 17.1. The number of ether oxygens (including phenoxy) is 1. The first-order valence-electron chi connectivity index (χ1n) is 11.0. The van der Waals surface area contributed by atoms with E-state index in [-0.39, 0.29) is 18.2 Å². The number of carbonyl (C=O) groups is 2. The van der Waals surface area contributed by atoms with Crippen LogP contribution in [0.15, 0.2) is 59.1 Å². The van der Waals surface area contributed by atoms with E-state index in [1.54, 1.807) is 18.9 Å². The molecule has 1 aliphatic rings. The quantitative estimate of drug-likeness (QED) is 0.516. The zero-order valence-corrected chi connectivity index (χ0v) is 20.3. The van der Waals surface area contributed by atoms with Gasteiger partial charge in [-0.15, -0.1) is 0 Å². The number of aryl methyl sites for hydroxylation is 1. The summed E-state index contributed by atoms with van der Waals surface area (Å²) in [5.74, 6) is 0.200. The second-order valence-electron chi connectivity index (χ2n) is 8.38. The number of aliphatic hydroxyl groups is 1. The van der Waals surface area contributed by atoms with Gasteiger partial charge in [0.2, 0.25) is 11.8 Å². The van der Waals surface area contributed by atoms with Gasteiger partial charge in [-0.05, 0) is 60.4 Å². The van der Waals surface area contributed by atoms with Crippen LogP contribution in [0.25, 0.3) is 10.8 Å². The molecule has 0 radical (unpaired) electrons. The van der Waals surface area contributed by atoms with Crippen LogP contribution >= 0.6 is 15.9 Å². The number of aliphatic hydroxyl groups excluding tert-OH is 1. The number of hydrogen-bond acceptors (Lipinski definition) is 4. The van der Waals surface area contributed by atoms with Gasteiger partial charge in [-0.2, -0.15) is 0 Å². The molecule has 0 aliphatic carbocycles. The molecule has 0 saturated carbocycles. The van der Waals surface area contributed by atoms with Gasteiger partial charge < -0.3 is 20.1 Å². The number of fused-ring (bicyclic) bond motifs is 2. The molecule has 2 N–H and O–H groups in total. The van der Waals surface area contributed by atoms with Crippen LogP contribution in [0.4, 0.5) is 5.69 Å². The molecule has 172 valence electrons. The fourth-order valence-electron chi connectivity index (χ4n) is 4.39. The van der Waals surface area contributed by atoms with Crippen molar-refractivity contribution in [3.8, 4) is 5.75 Å². The Bertz CT molecular complexity index is 1190. The third-order valence-corrected chi connectivity index (χ3v) is 6.44. The largest absolute Gasteiger partial charge is 0.496 e. The van der Waals surface area contributed by atoms with Crippen molar-refractivity contribution in [2.24, 2.45) is 0 Å². The molecular formula is C26H27BrN2O4. The highest BCUT2D eigenvalue weighted by atomic mass is 79.9. The van der Waals surface area contributed by atoms with Crippen molar-refractivity contribution in [3.05, 3.63) is 70.2 Å². The molecule has 2 unspecified atom stereocenters. The van der Waals surface area contributed by atoms with E-state index in [1.165, 1.54) is 0 Å². The minimum Gasteiger partial charge on any atom is -0.496 e. The van der Waals surface area contributed by atoms with E-state index in [4.69, 9.17) is 4.74 Å². The highest BCUT2D eigenvalue weighted by Gasteiger charge is 2.32. The number of methoxy groups -OCH3 is 1. The lowest BCUT2D eigenvalue weighted by atomic mass is 10.0. The second-order valence-corrected chi connectivity index (χ2v) is 9.29. The topological polar surface area (TPSA) is 78.9 Å². The van der Waals surface area contributed by atoms with E-state index in [2.05, 4.69) is 21.2 Å². The van der Waals surface area contributed by atoms with Crippen molar-refractivity contribution >= 4 is 44.2 Å². The molecule has 7 heteroatoms. The van der Waals surface area contributed by atoms with Gasteiger partial charge in [0.05, 0.1) is 26.2 Å². The van der Waals surface area contributed by atoms with E-state index in [0.29, 0.717) is 25.1 Å². The Balaban J connectivity index is 1.76. The molecule has 2 amide bonds. The van der Waals surface area contributed by atoms with Crippen LogP contribution < -0.4 is 15.0 Å². The maximum Gasteiger partial charge on any atom is 0.249 e. The van der Waals surface area contributed by atoms with Gasteiger partial charge in [-0.25, -0.2) is 0 Å². The summed E-state index contributed by atoms with van der Waals surface area (Å²) in [5.41, 5.74) is 2.80. The number of anilines is 1. The van der Waals surface area contributed by atoms with Crippen molar-refractivity contribution in [2.45, 2.75) is 44.9 Å². The Labute approximate surface area is 201 Å². The van der Waals surface area contributed by atoms with Crippen LogP contribution in [0.3, 0.4) is 0 Å². The average molecular weight is 511 g/mol. The molecule has 3 aromatic rings. The Morgan fingerprint density at radius 1 is 1.24 bits per heavy atom. The van der Waals surface area contributed by atoms with E-state index in [0.717, 1.165) is 32.1 Å². The first kappa shape index (κ1) is 23.3. The lowest BCUT2D eigenvalue weighted by Crippen LogP contribution is -2.48. The highest BCUT2D eigenvalue weighted by Crippen LogP contribution is 2.35. The van der Waals surface area contributed by atoms with Gasteiger partial charge in [0.25, 0.3) is 0 Å². The number of nitrogens with zero attached hydrogens (tertiary/aromatic N) is 1. The third kappa shape index (κ3) is 5.04. The predicted molar refractivity (Wildman–Crippen MR) is 132 cm³/mol. The summed E-state index contributed by atoms with van der Waals surface area (Å²) >= 11 is 3.53. The minimum atomic E-state index is -0.765. The standard InChI is InChI=1S/C26H27BrN2O4/c1-16(30)13-25(31)28-22-11-7-17-5-3-4-6-23(17)29(26(22)32)15-21-20-10-9-19(27)14-18(20)8-12-24(21)33-2/h3-6,8-10,12,14,16,22,30H,7,11,13,15H2,1-2H3,(H,28,31).